The molecule has 0 amide bonds. The Labute approximate surface area is 106 Å². The number of rotatable bonds is 2. The van der Waals surface area contributed by atoms with Crippen LogP contribution >= 0.6 is 11.6 Å². The first-order valence-electron chi connectivity index (χ1n) is 5.72. The Bertz CT molecular complexity index is 399. The van der Waals surface area contributed by atoms with Gasteiger partial charge in [-0.15, -0.1) is 0 Å². The van der Waals surface area contributed by atoms with Gasteiger partial charge >= 0.3 is 0 Å². The van der Waals surface area contributed by atoms with Crippen molar-refractivity contribution in [1.82, 2.24) is 0 Å². The van der Waals surface area contributed by atoms with Gasteiger partial charge in [0.15, 0.2) is 0 Å². The zero-order valence-electron chi connectivity index (χ0n) is 9.90. The molecular weight excluding hydrogens is 240 g/mol. The minimum absolute atomic E-state index is 0.0470. The van der Waals surface area contributed by atoms with E-state index in [0.29, 0.717) is 18.1 Å². The van der Waals surface area contributed by atoms with Crippen LogP contribution in [0.25, 0.3) is 0 Å². The van der Waals surface area contributed by atoms with Crippen LogP contribution < -0.4 is 4.90 Å². The quantitative estimate of drug-likeness (QED) is 0.646. The van der Waals surface area contributed by atoms with Crippen LogP contribution in [0.2, 0.25) is 5.02 Å². The fourth-order valence-corrected chi connectivity index (χ4v) is 2.24. The number of quaternary nitrogens is 1. The molecule has 1 aliphatic heterocycles. The van der Waals surface area contributed by atoms with Gasteiger partial charge in [-0.25, -0.2) is 0 Å². The van der Waals surface area contributed by atoms with E-state index in [-0.39, 0.29) is 11.3 Å². The predicted octanol–water partition coefficient (Wildman–Crippen LogP) is 1.60. The van der Waals surface area contributed by atoms with Gasteiger partial charge in [-0.2, -0.15) is 0 Å². The van der Waals surface area contributed by atoms with Crippen LogP contribution in [0, 0.1) is 5.21 Å². The van der Waals surface area contributed by atoms with Gasteiger partial charge in [0, 0.05) is 10.7 Å². The molecule has 1 aromatic rings. The molecule has 0 saturated carbocycles. The van der Waals surface area contributed by atoms with Gasteiger partial charge in [0.1, 0.15) is 0 Å². The van der Waals surface area contributed by atoms with Gasteiger partial charge in [0.05, 0.1) is 39.8 Å². The van der Waals surface area contributed by atoms with Crippen molar-refractivity contribution in [1.29, 1.82) is 0 Å². The lowest BCUT2D eigenvalue weighted by atomic mass is 10.2. The molecule has 1 aliphatic rings. The van der Waals surface area contributed by atoms with E-state index in [0.717, 1.165) is 24.3 Å². The minimum Gasteiger partial charge on any atom is -0.633 e. The summed E-state index contributed by atoms with van der Waals surface area (Å²) in [6.07, 6.45) is 0. The van der Waals surface area contributed by atoms with Crippen molar-refractivity contribution < 1.29 is 9.75 Å². The molecule has 1 heterocycles. The molecule has 0 spiro atoms. The second kappa shape index (κ2) is 4.82. The molecule has 1 saturated heterocycles. The highest BCUT2D eigenvalue weighted by Crippen LogP contribution is 2.25. The number of hydrogen-bond donors (Lipinski definition) is 1. The summed E-state index contributed by atoms with van der Waals surface area (Å²) in [6.45, 7) is 2.64. The molecule has 1 N–H and O–H groups in total. The van der Waals surface area contributed by atoms with E-state index in [4.69, 9.17) is 16.7 Å². The van der Waals surface area contributed by atoms with Crippen molar-refractivity contribution in [3.05, 3.63) is 34.0 Å². The van der Waals surface area contributed by atoms with Crippen LogP contribution in [-0.2, 0) is 6.61 Å². The van der Waals surface area contributed by atoms with Crippen LogP contribution in [0.1, 0.15) is 5.56 Å². The number of benzene rings is 1. The monoisotopic (exact) mass is 256 g/mol. The first-order chi connectivity index (χ1) is 8.02. The molecular formula is C12H17ClN2O2. The highest BCUT2D eigenvalue weighted by molar-refractivity contribution is 6.31. The SMILES string of the molecule is C[N+]1([O-])CCN(c2ccc(CO)c(Cl)c2)CC1. The lowest BCUT2D eigenvalue weighted by Crippen LogP contribution is -2.53. The van der Waals surface area contributed by atoms with E-state index in [9.17, 15) is 5.21 Å². The molecule has 4 nitrogen and oxygen atoms in total. The third kappa shape index (κ3) is 2.90. The first kappa shape index (κ1) is 12.6. The molecule has 0 unspecified atom stereocenters. The standard InChI is InChI=1S/C12H17ClN2O2/c1-15(17)6-4-14(5-7-15)11-3-2-10(9-16)12(13)8-11/h2-3,8,16H,4-7,9H2,1H3. The molecule has 2 rings (SSSR count). The van der Waals surface area contributed by atoms with Crippen LogP contribution in [0.4, 0.5) is 5.69 Å². The third-order valence-corrected chi connectivity index (χ3v) is 3.61. The van der Waals surface area contributed by atoms with E-state index >= 15 is 0 Å². The normalized spacial score (nSPS) is 19.4. The van der Waals surface area contributed by atoms with E-state index in [1.165, 1.54) is 0 Å². The Kier molecular flexibility index (Phi) is 3.58. The maximum absolute atomic E-state index is 11.7. The van der Waals surface area contributed by atoms with Crippen LogP contribution in [0.3, 0.4) is 0 Å². The fraction of sp³-hybridized carbons (Fsp3) is 0.500. The van der Waals surface area contributed by atoms with Gasteiger partial charge in [-0.05, 0) is 17.7 Å². The summed E-state index contributed by atoms with van der Waals surface area (Å²) in [5.74, 6) is 0. The van der Waals surface area contributed by atoms with Crippen LogP contribution in [0.5, 0.6) is 0 Å². The van der Waals surface area contributed by atoms with Crippen molar-refractivity contribution in [2.75, 3.05) is 38.1 Å². The van der Waals surface area contributed by atoms with Gasteiger partial charge in [-0.3, -0.25) is 0 Å². The molecule has 0 radical (unpaired) electrons. The average molecular weight is 257 g/mol. The van der Waals surface area contributed by atoms with Crippen molar-refractivity contribution in [3.8, 4) is 0 Å². The highest BCUT2D eigenvalue weighted by atomic mass is 35.5. The number of piperazine rings is 1. The Hall–Kier alpha value is -0.810. The van der Waals surface area contributed by atoms with Crippen molar-refractivity contribution in [3.63, 3.8) is 0 Å². The minimum atomic E-state index is -0.168. The first-order valence-corrected chi connectivity index (χ1v) is 6.09. The molecule has 1 fully saturated rings. The summed E-state index contributed by atoms with van der Waals surface area (Å²) >= 11 is 6.05. The maximum Gasteiger partial charge on any atom is 0.0960 e. The summed E-state index contributed by atoms with van der Waals surface area (Å²) in [5, 5.41) is 21.3. The highest BCUT2D eigenvalue weighted by Gasteiger charge is 2.21. The number of aliphatic hydroxyl groups is 1. The summed E-state index contributed by atoms with van der Waals surface area (Å²) in [7, 11) is 1.71. The Balaban J connectivity index is 2.11. The predicted molar refractivity (Wildman–Crippen MR) is 68.9 cm³/mol. The summed E-state index contributed by atoms with van der Waals surface area (Å²) in [6, 6.07) is 5.63. The van der Waals surface area contributed by atoms with E-state index < -0.39 is 0 Å². The van der Waals surface area contributed by atoms with Gasteiger partial charge in [0.2, 0.25) is 0 Å². The summed E-state index contributed by atoms with van der Waals surface area (Å²) < 4.78 is -0.168. The Morgan fingerprint density at radius 1 is 1.41 bits per heavy atom. The number of hydroxylamine groups is 3. The topological polar surface area (TPSA) is 46.5 Å². The zero-order chi connectivity index (χ0) is 12.5. The van der Waals surface area contributed by atoms with E-state index in [1.54, 1.807) is 7.05 Å². The van der Waals surface area contributed by atoms with Gasteiger partial charge < -0.3 is 19.9 Å². The number of nitrogens with zero attached hydrogens (tertiary/aromatic N) is 2. The number of likely N-dealkylation sites (N-methyl/N-ethyl adjacent to an activating group) is 1. The van der Waals surface area contributed by atoms with Crippen molar-refractivity contribution in [2.45, 2.75) is 6.61 Å². The van der Waals surface area contributed by atoms with Crippen molar-refractivity contribution in [2.24, 2.45) is 0 Å². The Morgan fingerprint density at radius 2 is 2.06 bits per heavy atom. The smallest absolute Gasteiger partial charge is 0.0960 e. The number of halogens is 1. The lowest BCUT2D eigenvalue weighted by molar-refractivity contribution is -0.861. The maximum atomic E-state index is 11.7. The zero-order valence-corrected chi connectivity index (χ0v) is 10.7. The number of anilines is 1. The van der Waals surface area contributed by atoms with E-state index in [2.05, 4.69) is 4.90 Å². The molecule has 0 aliphatic carbocycles. The summed E-state index contributed by atoms with van der Waals surface area (Å²) in [5.41, 5.74) is 1.75. The summed E-state index contributed by atoms with van der Waals surface area (Å²) in [4.78, 5) is 2.16. The van der Waals surface area contributed by atoms with E-state index in [1.807, 2.05) is 18.2 Å². The number of hydrogen-bond acceptors (Lipinski definition) is 3. The van der Waals surface area contributed by atoms with Crippen LogP contribution in [0.15, 0.2) is 18.2 Å². The number of aliphatic hydroxyl groups excluding tert-OH is 1. The Morgan fingerprint density at radius 3 is 2.59 bits per heavy atom. The van der Waals surface area contributed by atoms with Crippen LogP contribution in [-0.4, -0.2) is 43.0 Å². The fourth-order valence-electron chi connectivity index (χ4n) is 2.01. The molecule has 17 heavy (non-hydrogen) atoms. The second-order valence-electron chi connectivity index (χ2n) is 4.66. The van der Waals surface area contributed by atoms with Gasteiger partial charge in [-0.1, -0.05) is 17.7 Å². The third-order valence-electron chi connectivity index (χ3n) is 3.26. The largest absolute Gasteiger partial charge is 0.633 e. The second-order valence-corrected chi connectivity index (χ2v) is 5.07. The lowest BCUT2D eigenvalue weighted by Gasteiger charge is -2.45. The van der Waals surface area contributed by atoms with Gasteiger partial charge in [0.25, 0.3) is 0 Å². The molecule has 0 aromatic heterocycles. The molecule has 0 atom stereocenters. The molecule has 1 aromatic carbocycles. The molecule has 0 bridgehead atoms. The van der Waals surface area contributed by atoms with Crippen molar-refractivity contribution >= 4 is 17.3 Å². The molecule has 94 valence electrons. The molecule has 5 heteroatoms. The average Bonchev–Trinajstić information content (AvgIpc) is 2.29.